The Hall–Kier alpha value is -0.160. The van der Waals surface area contributed by atoms with E-state index in [1.54, 1.807) is 0 Å². The second-order valence-corrected chi connectivity index (χ2v) is 7.64. The van der Waals surface area contributed by atoms with Crippen LogP contribution in [-0.2, 0) is 14.3 Å². The highest BCUT2D eigenvalue weighted by Crippen LogP contribution is 2.54. The zero-order chi connectivity index (χ0) is 14.2. The van der Waals surface area contributed by atoms with E-state index in [9.17, 15) is 34.8 Å². The highest BCUT2D eigenvalue weighted by molar-refractivity contribution is 8.18. The third kappa shape index (κ3) is 3.67. The number of alkyl halides is 6. The summed E-state index contributed by atoms with van der Waals surface area (Å²) in [5, 5.41) is 0. The normalized spacial score (nSPS) is 29.2. The fourth-order valence-electron chi connectivity index (χ4n) is 1.49. The first-order valence-electron chi connectivity index (χ1n) is 4.78. The van der Waals surface area contributed by atoms with Crippen molar-refractivity contribution in [3.05, 3.63) is 0 Å². The molecule has 0 aliphatic carbocycles. The number of thiol groups is 1. The smallest absolute Gasteiger partial charge is 0.250 e. The van der Waals surface area contributed by atoms with E-state index in [-0.39, 0.29) is 25.0 Å². The van der Waals surface area contributed by atoms with Gasteiger partial charge in [0.05, 0.1) is 0 Å². The Morgan fingerprint density at radius 1 is 1.06 bits per heavy atom. The second-order valence-electron chi connectivity index (χ2n) is 3.61. The lowest BCUT2D eigenvalue weighted by molar-refractivity contribution is -0.0575. The van der Waals surface area contributed by atoms with Crippen LogP contribution in [0.4, 0.5) is 26.3 Å². The van der Waals surface area contributed by atoms with E-state index in [0.717, 1.165) is 0 Å². The molecular weight excluding hydrogens is 310 g/mol. The maximum absolute atomic E-state index is 12.5. The third-order valence-corrected chi connectivity index (χ3v) is 6.00. The summed E-state index contributed by atoms with van der Waals surface area (Å²) in [6.07, 6.45) is 0.0879. The van der Waals surface area contributed by atoms with Crippen molar-refractivity contribution in [2.75, 3.05) is 5.75 Å². The van der Waals surface area contributed by atoms with Gasteiger partial charge in [-0.15, -0.1) is 10.9 Å². The third-order valence-electron chi connectivity index (χ3n) is 2.29. The van der Waals surface area contributed by atoms with Crippen LogP contribution in [0.25, 0.3) is 0 Å². The van der Waals surface area contributed by atoms with Crippen molar-refractivity contribution in [1.82, 2.24) is 0 Å². The molecule has 2 atom stereocenters. The van der Waals surface area contributed by atoms with E-state index in [2.05, 4.69) is 4.18 Å². The number of rotatable bonds is 2. The van der Waals surface area contributed by atoms with Crippen molar-refractivity contribution in [2.24, 2.45) is 0 Å². The lowest BCUT2D eigenvalue weighted by Crippen LogP contribution is -2.34. The van der Waals surface area contributed by atoms with Gasteiger partial charge in [-0.05, 0) is 25.0 Å². The molecule has 0 aromatic heterocycles. The first kappa shape index (κ1) is 15.9. The van der Waals surface area contributed by atoms with Crippen molar-refractivity contribution in [1.29, 1.82) is 0 Å². The van der Waals surface area contributed by atoms with E-state index in [1.807, 2.05) is 0 Å². The van der Waals surface area contributed by atoms with Crippen molar-refractivity contribution in [3.8, 4) is 0 Å². The predicted octanol–water partition coefficient (Wildman–Crippen LogP) is 2.88. The molecule has 0 bridgehead atoms. The highest BCUT2D eigenvalue weighted by Gasteiger charge is 2.52. The van der Waals surface area contributed by atoms with Crippen LogP contribution in [0.1, 0.15) is 19.3 Å². The first-order chi connectivity index (χ1) is 7.95. The monoisotopic (exact) mass is 320 g/mol. The van der Waals surface area contributed by atoms with E-state index >= 15 is 0 Å². The fraction of sp³-hybridized carbons (Fsp3) is 1.00. The highest BCUT2D eigenvalue weighted by atomic mass is 32.2. The van der Waals surface area contributed by atoms with Gasteiger partial charge in [-0.25, -0.2) is 0 Å². The van der Waals surface area contributed by atoms with E-state index in [4.69, 9.17) is 0 Å². The summed E-state index contributed by atoms with van der Waals surface area (Å²) in [4.78, 5) is 0. The van der Waals surface area contributed by atoms with E-state index in [1.165, 1.54) is 0 Å². The zero-order valence-corrected chi connectivity index (χ0v) is 10.5. The summed E-state index contributed by atoms with van der Waals surface area (Å²) in [5.41, 5.74) is -12.3. The summed E-state index contributed by atoms with van der Waals surface area (Å²) < 4.78 is 98.8. The SMILES string of the molecule is O=S(=O)(OC1CCCC[SH]1C(F)(F)F)C(F)(F)F. The quantitative estimate of drug-likeness (QED) is 0.368. The predicted molar refractivity (Wildman–Crippen MR) is 53.6 cm³/mol. The Balaban J connectivity index is 2.88. The largest absolute Gasteiger partial charge is 0.523 e. The first-order valence-corrected chi connectivity index (χ1v) is 7.78. The molecule has 2 unspecified atom stereocenters. The molecule has 1 heterocycles. The van der Waals surface area contributed by atoms with E-state index < -0.39 is 37.5 Å². The minimum Gasteiger partial charge on any atom is -0.250 e. The molecule has 0 radical (unpaired) electrons. The molecule has 18 heavy (non-hydrogen) atoms. The van der Waals surface area contributed by atoms with Gasteiger partial charge in [0.15, 0.2) is 0 Å². The Morgan fingerprint density at radius 3 is 2.06 bits per heavy atom. The fourth-order valence-corrected chi connectivity index (χ4v) is 4.67. The molecule has 1 aliphatic rings. The van der Waals surface area contributed by atoms with Crippen LogP contribution in [-0.4, -0.2) is 30.6 Å². The number of hydrogen-bond donors (Lipinski definition) is 1. The van der Waals surface area contributed by atoms with Gasteiger partial charge in [0.25, 0.3) is 0 Å². The van der Waals surface area contributed by atoms with Crippen LogP contribution in [0.15, 0.2) is 0 Å². The molecule has 1 saturated heterocycles. The molecule has 11 heteroatoms. The zero-order valence-electron chi connectivity index (χ0n) is 8.75. The average Bonchev–Trinajstić information content (AvgIpc) is 2.14. The summed E-state index contributed by atoms with van der Waals surface area (Å²) in [5.74, 6) is -0.364. The van der Waals surface area contributed by atoms with Gasteiger partial charge < -0.3 is 0 Å². The standard InChI is InChI=1S/C7H10F6O3S2/c8-6(9,10)17-4-2-1-3-5(17)16-18(14,15)7(11,12)13/h5,17H,1-4H2. The minimum atomic E-state index is -5.97. The molecule has 0 saturated carbocycles. The molecule has 1 rings (SSSR count). The molecule has 0 aromatic rings. The Labute approximate surface area is 102 Å². The second kappa shape index (κ2) is 5.08. The van der Waals surface area contributed by atoms with Crippen molar-refractivity contribution < 1.29 is 38.9 Å². The minimum absolute atomic E-state index is 0.205. The summed E-state index contributed by atoms with van der Waals surface area (Å²) in [6.45, 7) is 0. The van der Waals surface area contributed by atoms with Crippen LogP contribution in [0.3, 0.4) is 0 Å². The molecule has 0 N–H and O–H groups in total. The van der Waals surface area contributed by atoms with Crippen LogP contribution in [0.2, 0.25) is 0 Å². The number of hydrogen-bond acceptors (Lipinski definition) is 3. The molecule has 1 aliphatic heterocycles. The van der Waals surface area contributed by atoms with Gasteiger partial charge in [0.1, 0.15) is 5.44 Å². The molecule has 0 amide bonds. The van der Waals surface area contributed by atoms with Crippen LogP contribution >= 0.6 is 10.9 Å². The van der Waals surface area contributed by atoms with Gasteiger partial charge in [0, 0.05) is 0 Å². The van der Waals surface area contributed by atoms with Gasteiger partial charge in [0.2, 0.25) is 0 Å². The van der Waals surface area contributed by atoms with Crippen molar-refractivity contribution in [3.63, 3.8) is 0 Å². The summed E-state index contributed by atoms with van der Waals surface area (Å²) >= 11 is 0. The van der Waals surface area contributed by atoms with Gasteiger partial charge in [-0.2, -0.15) is 34.8 Å². The van der Waals surface area contributed by atoms with Crippen LogP contribution < -0.4 is 0 Å². The van der Waals surface area contributed by atoms with Crippen molar-refractivity contribution >= 4 is 21.0 Å². The Bertz CT molecular complexity index is 387. The summed E-state index contributed by atoms with van der Waals surface area (Å²) in [6, 6.07) is 0. The molecule has 3 nitrogen and oxygen atoms in total. The van der Waals surface area contributed by atoms with Crippen molar-refractivity contribution in [2.45, 2.75) is 35.7 Å². The molecular formula is C7H10F6O3S2. The van der Waals surface area contributed by atoms with E-state index in [0.29, 0.717) is 0 Å². The Morgan fingerprint density at radius 2 is 1.61 bits per heavy atom. The maximum atomic E-state index is 12.5. The molecule has 0 aromatic carbocycles. The topological polar surface area (TPSA) is 43.4 Å². The van der Waals surface area contributed by atoms with Gasteiger partial charge in [-0.1, -0.05) is 0 Å². The average molecular weight is 320 g/mol. The number of halogens is 6. The van der Waals surface area contributed by atoms with Gasteiger partial charge >= 0.3 is 21.1 Å². The lowest BCUT2D eigenvalue weighted by Gasteiger charge is -2.35. The lowest BCUT2D eigenvalue weighted by atomic mass is 10.2. The summed E-state index contributed by atoms with van der Waals surface area (Å²) in [7, 11) is -8.86. The molecule has 110 valence electrons. The van der Waals surface area contributed by atoms with Gasteiger partial charge in [-0.3, -0.25) is 4.18 Å². The van der Waals surface area contributed by atoms with Crippen LogP contribution in [0, 0.1) is 0 Å². The maximum Gasteiger partial charge on any atom is 0.523 e. The van der Waals surface area contributed by atoms with Crippen LogP contribution in [0.5, 0.6) is 0 Å². The molecule has 0 spiro atoms. The molecule has 1 fully saturated rings. The Kier molecular flexibility index (Phi) is 4.49.